The van der Waals surface area contributed by atoms with Crippen molar-refractivity contribution in [1.29, 1.82) is 0 Å². The maximum Gasteiger partial charge on any atom is 0.303 e. The summed E-state index contributed by atoms with van der Waals surface area (Å²) < 4.78 is 0. The highest BCUT2D eigenvalue weighted by Crippen LogP contribution is 2.35. The lowest BCUT2D eigenvalue weighted by Gasteiger charge is -2.40. The van der Waals surface area contributed by atoms with Gasteiger partial charge >= 0.3 is 5.97 Å². The van der Waals surface area contributed by atoms with Crippen LogP contribution in [-0.4, -0.2) is 77.6 Å². The third-order valence-electron chi connectivity index (χ3n) is 6.73. The molecule has 7 nitrogen and oxygen atoms in total. The van der Waals surface area contributed by atoms with Gasteiger partial charge in [-0.15, -0.1) is 0 Å². The van der Waals surface area contributed by atoms with Crippen LogP contribution in [0.2, 0.25) is 0 Å². The number of carbonyl (C=O) groups is 2. The van der Waals surface area contributed by atoms with Gasteiger partial charge in [-0.3, -0.25) is 14.5 Å². The fourth-order valence-corrected chi connectivity index (χ4v) is 4.78. The molecular formula is C22H32N4O3. The molecule has 1 aliphatic carbocycles. The predicted molar refractivity (Wildman–Crippen MR) is 111 cm³/mol. The average molecular weight is 401 g/mol. The molecule has 0 aromatic carbocycles. The summed E-state index contributed by atoms with van der Waals surface area (Å²) in [7, 11) is 0. The molecule has 29 heavy (non-hydrogen) atoms. The van der Waals surface area contributed by atoms with Crippen LogP contribution in [0.25, 0.3) is 0 Å². The van der Waals surface area contributed by atoms with Crippen molar-refractivity contribution in [3.8, 4) is 0 Å². The summed E-state index contributed by atoms with van der Waals surface area (Å²) in [4.78, 5) is 35.1. The Kier molecular flexibility index (Phi) is 6.33. The van der Waals surface area contributed by atoms with Gasteiger partial charge in [-0.1, -0.05) is 6.07 Å². The first kappa shape index (κ1) is 20.1. The Bertz CT molecular complexity index is 701. The van der Waals surface area contributed by atoms with Gasteiger partial charge in [0.05, 0.1) is 0 Å². The van der Waals surface area contributed by atoms with Crippen molar-refractivity contribution in [2.24, 2.45) is 17.8 Å². The molecule has 7 heteroatoms. The molecule has 0 bridgehead atoms. The lowest BCUT2D eigenvalue weighted by atomic mass is 9.81. The van der Waals surface area contributed by atoms with Crippen LogP contribution in [0.3, 0.4) is 0 Å². The highest BCUT2D eigenvalue weighted by atomic mass is 16.4. The second-order valence-electron chi connectivity index (χ2n) is 8.77. The number of anilines is 1. The molecule has 0 unspecified atom stereocenters. The standard InChI is InChI=1S/C22H32N4O3/c27-21(28)15-18-7-10-26(22(29)17-4-5-17)16-19(18)6-9-24-11-13-25(14-12-24)20-3-1-2-8-23-20/h1-3,8,17-19H,4-7,9-16H2,(H,27,28)/t18-,19+/m0/s1. The van der Waals surface area contributed by atoms with E-state index in [4.69, 9.17) is 0 Å². The number of pyridine rings is 1. The number of carboxylic acid groups (broad SMARTS) is 1. The number of piperidine rings is 1. The minimum Gasteiger partial charge on any atom is -0.481 e. The van der Waals surface area contributed by atoms with Crippen LogP contribution in [0.4, 0.5) is 5.82 Å². The Morgan fingerprint density at radius 3 is 2.48 bits per heavy atom. The number of amides is 1. The van der Waals surface area contributed by atoms with E-state index in [1.54, 1.807) is 0 Å². The fourth-order valence-electron chi connectivity index (χ4n) is 4.78. The van der Waals surface area contributed by atoms with E-state index in [0.29, 0.717) is 5.91 Å². The minimum atomic E-state index is -0.717. The van der Waals surface area contributed by atoms with Crippen LogP contribution in [0, 0.1) is 17.8 Å². The Morgan fingerprint density at radius 1 is 1.03 bits per heavy atom. The lowest BCUT2D eigenvalue weighted by molar-refractivity contribution is -0.140. The predicted octanol–water partition coefficient (Wildman–Crippen LogP) is 1.94. The van der Waals surface area contributed by atoms with Crippen molar-refractivity contribution in [2.45, 2.75) is 32.1 Å². The van der Waals surface area contributed by atoms with Gasteiger partial charge < -0.3 is 14.9 Å². The number of hydrogen-bond acceptors (Lipinski definition) is 5. The van der Waals surface area contributed by atoms with E-state index in [1.807, 2.05) is 23.2 Å². The summed E-state index contributed by atoms with van der Waals surface area (Å²) in [5.74, 6) is 1.34. The molecule has 3 fully saturated rings. The van der Waals surface area contributed by atoms with E-state index in [0.717, 1.165) is 77.3 Å². The number of likely N-dealkylation sites (tertiary alicyclic amines) is 1. The van der Waals surface area contributed by atoms with Crippen LogP contribution >= 0.6 is 0 Å². The Hall–Kier alpha value is -2.15. The highest BCUT2D eigenvalue weighted by Gasteiger charge is 2.38. The number of rotatable bonds is 7. The van der Waals surface area contributed by atoms with Crippen LogP contribution in [0.15, 0.2) is 24.4 Å². The van der Waals surface area contributed by atoms with E-state index in [9.17, 15) is 14.7 Å². The fraction of sp³-hybridized carbons (Fsp3) is 0.682. The van der Waals surface area contributed by atoms with Crippen molar-refractivity contribution in [3.05, 3.63) is 24.4 Å². The zero-order chi connectivity index (χ0) is 20.2. The molecule has 1 amide bonds. The van der Waals surface area contributed by atoms with Crippen molar-refractivity contribution in [3.63, 3.8) is 0 Å². The third kappa shape index (κ3) is 5.26. The van der Waals surface area contributed by atoms with Gasteiger partial charge in [-0.05, 0) is 56.2 Å². The van der Waals surface area contributed by atoms with Crippen LogP contribution in [-0.2, 0) is 9.59 Å². The van der Waals surface area contributed by atoms with Crippen molar-refractivity contribution in [1.82, 2.24) is 14.8 Å². The molecule has 2 atom stereocenters. The number of aliphatic carboxylic acids is 1. The summed E-state index contributed by atoms with van der Waals surface area (Å²) >= 11 is 0. The molecule has 0 spiro atoms. The van der Waals surface area contributed by atoms with Gasteiger partial charge in [0.2, 0.25) is 5.91 Å². The summed E-state index contributed by atoms with van der Waals surface area (Å²) in [5.41, 5.74) is 0. The number of piperazine rings is 1. The Labute approximate surface area is 172 Å². The number of hydrogen-bond donors (Lipinski definition) is 1. The molecule has 2 saturated heterocycles. The number of carbonyl (C=O) groups excluding carboxylic acids is 1. The molecule has 158 valence electrons. The van der Waals surface area contributed by atoms with Gasteiger partial charge in [0, 0.05) is 57.8 Å². The van der Waals surface area contributed by atoms with Crippen molar-refractivity contribution >= 4 is 17.7 Å². The van der Waals surface area contributed by atoms with Gasteiger partial charge in [0.15, 0.2) is 0 Å². The van der Waals surface area contributed by atoms with E-state index in [1.165, 1.54) is 0 Å². The molecule has 1 aromatic heterocycles. The number of nitrogens with zero attached hydrogens (tertiary/aromatic N) is 4. The van der Waals surface area contributed by atoms with Gasteiger partial charge in [0.25, 0.3) is 0 Å². The summed E-state index contributed by atoms with van der Waals surface area (Å²) in [5, 5.41) is 9.31. The SMILES string of the molecule is O=C(O)C[C@@H]1CCN(C(=O)C2CC2)C[C@H]1CCN1CCN(c2ccccn2)CC1. The first-order valence-corrected chi connectivity index (χ1v) is 11.0. The highest BCUT2D eigenvalue weighted by molar-refractivity contribution is 5.81. The first-order valence-electron chi connectivity index (χ1n) is 11.0. The second-order valence-corrected chi connectivity index (χ2v) is 8.77. The van der Waals surface area contributed by atoms with Gasteiger partial charge in [-0.2, -0.15) is 0 Å². The normalized spacial score (nSPS) is 25.8. The number of carboxylic acids is 1. The van der Waals surface area contributed by atoms with Gasteiger partial charge in [0.1, 0.15) is 5.82 Å². The quantitative estimate of drug-likeness (QED) is 0.754. The summed E-state index contributed by atoms with van der Waals surface area (Å²) in [6.07, 6.45) is 5.91. The zero-order valence-corrected chi connectivity index (χ0v) is 17.1. The van der Waals surface area contributed by atoms with Crippen LogP contribution < -0.4 is 4.90 Å². The maximum atomic E-state index is 12.5. The van der Waals surface area contributed by atoms with E-state index in [-0.39, 0.29) is 24.2 Å². The monoisotopic (exact) mass is 400 g/mol. The minimum absolute atomic E-state index is 0.186. The van der Waals surface area contributed by atoms with Gasteiger partial charge in [-0.25, -0.2) is 4.98 Å². The molecule has 2 aliphatic heterocycles. The van der Waals surface area contributed by atoms with Crippen LogP contribution in [0.5, 0.6) is 0 Å². The molecule has 1 aromatic rings. The Balaban J connectivity index is 1.28. The molecule has 3 aliphatic rings. The Morgan fingerprint density at radius 2 is 1.83 bits per heavy atom. The van der Waals surface area contributed by atoms with Crippen molar-refractivity contribution in [2.75, 3.05) is 50.7 Å². The molecule has 1 N–H and O–H groups in total. The maximum absolute atomic E-state index is 12.5. The first-order chi connectivity index (χ1) is 14.1. The summed E-state index contributed by atoms with van der Waals surface area (Å²) in [6, 6.07) is 6.02. The molecular weight excluding hydrogens is 368 g/mol. The molecule has 4 rings (SSSR count). The van der Waals surface area contributed by atoms with Crippen LogP contribution in [0.1, 0.15) is 32.1 Å². The molecule has 0 radical (unpaired) electrons. The van der Waals surface area contributed by atoms with E-state index in [2.05, 4.69) is 20.9 Å². The molecule has 3 heterocycles. The second kappa shape index (κ2) is 9.11. The smallest absolute Gasteiger partial charge is 0.303 e. The molecule has 1 saturated carbocycles. The topological polar surface area (TPSA) is 77.0 Å². The van der Waals surface area contributed by atoms with E-state index < -0.39 is 5.97 Å². The zero-order valence-electron chi connectivity index (χ0n) is 17.1. The summed E-state index contributed by atoms with van der Waals surface area (Å²) in [6.45, 7) is 6.37. The largest absolute Gasteiger partial charge is 0.481 e. The van der Waals surface area contributed by atoms with E-state index >= 15 is 0 Å². The number of aromatic nitrogens is 1. The lowest BCUT2D eigenvalue weighted by Crippen LogP contribution is -2.49. The average Bonchev–Trinajstić information content (AvgIpc) is 3.58. The third-order valence-corrected chi connectivity index (χ3v) is 6.73. The van der Waals surface area contributed by atoms with Crippen molar-refractivity contribution < 1.29 is 14.7 Å².